The predicted octanol–water partition coefficient (Wildman–Crippen LogP) is 4.70. The van der Waals surface area contributed by atoms with E-state index in [0.29, 0.717) is 77.4 Å². The van der Waals surface area contributed by atoms with Crippen LogP contribution in [0.3, 0.4) is 0 Å². The Kier molecular flexibility index (Phi) is 15.8. The maximum atomic E-state index is 13.2. The van der Waals surface area contributed by atoms with Crippen LogP contribution in [0.15, 0.2) is 67.7 Å². The fourth-order valence-electron chi connectivity index (χ4n) is 6.33. The molecule has 0 saturated heterocycles. The van der Waals surface area contributed by atoms with Gasteiger partial charge >= 0.3 is 11.4 Å². The number of aromatic nitrogens is 8. The lowest BCUT2D eigenvalue weighted by Gasteiger charge is -2.11. The van der Waals surface area contributed by atoms with Crippen molar-refractivity contribution in [1.82, 2.24) is 37.4 Å². The molecule has 0 spiro atoms. The monoisotopic (exact) mass is 820 g/mol. The minimum atomic E-state index is -0.399. The lowest BCUT2D eigenvalue weighted by molar-refractivity contribution is 0.287. The Balaban J connectivity index is 0.000000248. The molecule has 0 aliphatic rings. The summed E-state index contributed by atoms with van der Waals surface area (Å²) in [7, 11) is 3.23. The molecule has 0 bridgehead atoms. The summed E-state index contributed by atoms with van der Waals surface area (Å²) in [6.07, 6.45) is 4.28. The summed E-state index contributed by atoms with van der Waals surface area (Å²) in [4.78, 5) is 60.6. The highest BCUT2D eigenvalue weighted by Gasteiger charge is 2.21. The van der Waals surface area contributed by atoms with E-state index in [1.54, 1.807) is 42.9 Å². The molecule has 14 nitrogen and oxygen atoms in total. The Bertz CT molecular complexity index is 2620. The number of aryl methyl sites for hydroxylation is 3. The lowest BCUT2D eigenvalue weighted by Crippen LogP contribution is -2.39. The topological polar surface area (TPSA) is 164 Å². The molecule has 2 aromatic carbocycles. The van der Waals surface area contributed by atoms with E-state index in [2.05, 4.69) is 21.8 Å². The largest absolute Gasteiger partial charge is 0.396 e. The summed E-state index contributed by atoms with van der Waals surface area (Å²) >= 11 is 11.9. The van der Waals surface area contributed by atoms with Crippen molar-refractivity contribution in [2.45, 2.75) is 86.0 Å². The maximum absolute atomic E-state index is 13.2. The number of benzene rings is 2. The fraction of sp³-hybridized carbons (Fsp3) is 0.415. The highest BCUT2D eigenvalue weighted by molar-refractivity contribution is 6.30. The molecule has 6 rings (SSSR count). The Labute approximate surface area is 340 Å². The third-order valence-corrected chi connectivity index (χ3v) is 9.86. The molecule has 0 radical (unpaired) electrons. The van der Waals surface area contributed by atoms with E-state index in [4.69, 9.17) is 28.3 Å². The van der Waals surface area contributed by atoms with Crippen molar-refractivity contribution >= 4 is 45.5 Å². The van der Waals surface area contributed by atoms with Gasteiger partial charge in [0.2, 0.25) is 0 Å². The molecular weight excluding hydrogens is 771 g/mol. The van der Waals surface area contributed by atoms with E-state index in [1.807, 2.05) is 42.7 Å². The van der Waals surface area contributed by atoms with Crippen LogP contribution in [0.1, 0.15) is 76.2 Å². The van der Waals surface area contributed by atoms with Gasteiger partial charge in [0.1, 0.15) is 12.4 Å². The summed E-state index contributed by atoms with van der Waals surface area (Å²) in [6, 6.07) is 14.7. The summed E-state index contributed by atoms with van der Waals surface area (Å²) in [5.41, 5.74) is 1.82. The van der Waals surface area contributed by atoms with Gasteiger partial charge in [-0.25, -0.2) is 19.6 Å². The third-order valence-electron chi connectivity index (χ3n) is 9.36. The van der Waals surface area contributed by atoms with E-state index < -0.39 is 5.69 Å². The van der Waals surface area contributed by atoms with Crippen LogP contribution in [-0.2, 0) is 46.7 Å². The lowest BCUT2D eigenvalue weighted by atomic mass is 10.2. The highest BCUT2D eigenvalue weighted by atomic mass is 35.5. The van der Waals surface area contributed by atoms with Crippen LogP contribution in [0.4, 0.5) is 0 Å². The van der Waals surface area contributed by atoms with Crippen molar-refractivity contribution in [2.75, 3.05) is 13.2 Å². The third kappa shape index (κ3) is 9.85. The quantitative estimate of drug-likeness (QED) is 0.159. The number of rotatable bonds is 13. The number of unbranched alkanes of at least 4 members (excludes halogenated alkanes) is 2. The maximum Gasteiger partial charge on any atom is 0.332 e. The van der Waals surface area contributed by atoms with Crippen LogP contribution in [0.2, 0.25) is 10.0 Å². The van der Waals surface area contributed by atoms with Crippen molar-refractivity contribution < 1.29 is 10.2 Å². The molecule has 4 aromatic heterocycles. The minimum Gasteiger partial charge on any atom is -0.396 e. The Hall–Kier alpha value is -5.20. The van der Waals surface area contributed by atoms with Crippen LogP contribution in [0.5, 0.6) is 0 Å². The minimum absolute atomic E-state index is 0. The van der Waals surface area contributed by atoms with Gasteiger partial charge in [0.05, 0.1) is 6.54 Å². The summed E-state index contributed by atoms with van der Waals surface area (Å²) in [5.74, 6) is 6.35. The van der Waals surface area contributed by atoms with Crippen molar-refractivity contribution in [3.8, 4) is 11.8 Å². The molecule has 0 saturated carbocycles. The van der Waals surface area contributed by atoms with Crippen LogP contribution in [0, 0.1) is 11.8 Å². The zero-order valence-corrected chi connectivity index (χ0v) is 33.5. The SMILES string of the molecule is C.CCCCn1c(=O)c2c(nc(C#CCO)n2Cc2ccc(Cl)cc2)n(C)c1=O.CCCCn1c(=O)c2c(nc(CCCO)n2Cc2ccc(Cl)cc2)n(C)c1=O. The van der Waals surface area contributed by atoms with Gasteiger partial charge in [0.15, 0.2) is 28.2 Å². The van der Waals surface area contributed by atoms with E-state index in [0.717, 1.165) is 36.8 Å². The van der Waals surface area contributed by atoms with E-state index in [9.17, 15) is 24.3 Å². The molecule has 0 fully saturated rings. The molecule has 2 N–H and O–H groups in total. The van der Waals surface area contributed by atoms with Crippen LogP contribution in [-0.4, -0.2) is 60.8 Å². The van der Waals surface area contributed by atoms with Crippen molar-refractivity contribution in [1.29, 1.82) is 0 Å². The number of nitrogens with zero attached hydrogens (tertiary/aromatic N) is 8. The normalized spacial score (nSPS) is 10.9. The fourth-order valence-corrected chi connectivity index (χ4v) is 6.58. The Morgan fingerprint density at radius 3 is 1.56 bits per heavy atom. The molecule has 6 aromatic rings. The van der Waals surface area contributed by atoms with E-state index in [1.165, 1.54) is 18.3 Å². The van der Waals surface area contributed by atoms with Crippen molar-refractivity contribution in [2.24, 2.45) is 14.1 Å². The molecule has 0 atom stereocenters. The second kappa shape index (κ2) is 20.3. The second-order valence-electron chi connectivity index (χ2n) is 13.3. The molecular formula is C41H50Cl2N8O6. The number of aliphatic hydroxyl groups excluding tert-OH is 2. The zero-order valence-electron chi connectivity index (χ0n) is 32.0. The van der Waals surface area contributed by atoms with E-state index >= 15 is 0 Å². The molecule has 16 heteroatoms. The summed E-state index contributed by atoms with van der Waals surface area (Å²) in [5, 5.41) is 19.6. The number of imidazole rings is 2. The first-order chi connectivity index (χ1) is 26.9. The average Bonchev–Trinajstić information content (AvgIpc) is 3.74. The predicted molar refractivity (Wildman–Crippen MR) is 225 cm³/mol. The van der Waals surface area contributed by atoms with Crippen molar-refractivity contribution in [3.05, 3.63) is 123 Å². The van der Waals surface area contributed by atoms with Crippen LogP contribution < -0.4 is 22.5 Å². The number of hydrogen-bond acceptors (Lipinski definition) is 8. The molecule has 57 heavy (non-hydrogen) atoms. The van der Waals surface area contributed by atoms with Gasteiger partial charge < -0.3 is 19.3 Å². The molecule has 4 heterocycles. The summed E-state index contributed by atoms with van der Waals surface area (Å²) < 4.78 is 8.89. The first-order valence-electron chi connectivity index (χ1n) is 18.5. The van der Waals surface area contributed by atoms with E-state index in [-0.39, 0.29) is 43.1 Å². The van der Waals surface area contributed by atoms with Gasteiger partial charge in [-0.15, -0.1) is 0 Å². The molecule has 0 amide bonds. The van der Waals surface area contributed by atoms with Crippen molar-refractivity contribution in [3.63, 3.8) is 0 Å². The molecule has 304 valence electrons. The Morgan fingerprint density at radius 1 is 0.649 bits per heavy atom. The summed E-state index contributed by atoms with van der Waals surface area (Å²) in [6.45, 7) is 5.23. The van der Waals surface area contributed by atoms with Gasteiger partial charge in [-0.1, -0.05) is 87.5 Å². The van der Waals surface area contributed by atoms with Gasteiger partial charge in [-0.05, 0) is 60.6 Å². The number of aliphatic hydroxyl groups is 2. The zero-order chi connectivity index (χ0) is 40.5. The first-order valence-corrected chi connectivity index (χ1v) is 19.3. The van der Waals surface area contributed by atoms with Crippen LogP contribution >= 0.6 is 23.2 Å². The molecule has 0 aliphatic carbocycles. The standard InChI is InChI=1S/C20H25ClN4O3.C20H21ClN4O3.CH4/c2*1-3-4-11-24-19(27)17-18(23(2)20(24)28)22-16(6-5-12-26)25(17)13-14-7-9-15(21)10-8-14;/h7-10,26H,3-6,11-13H2,1-2H3;7-10,26H,3-4,11-13H2,1-2H3;1H4. The molecule has 0 unspecified atom stereocenters. The van der Waals surface area contributed by atoms with Gasteiger partial charge in [-0.3, -0.25) is 27.9 Å². The highest BCUT2D eigenvalue weighted by Crippen LogP contribution is 2.18. The number of hydrogen-bond donors (Lipinski definition) is 2. The van der Waals surface area contributed by atoms with Gasteiger partial charge in [-0.2, -0.15) is 0 Å². The van der Waals surface area contributed by atoms with Gasteiger partial charge in [0.25, 0.3) is 11.1 Å². The second-order valence-corrected chi connectivity index (χ2v) is 14.2. The van der Waals surface area contributed by atoms with Crippen LogP contribution in [0.25, 0.3) is 22.3 Å². The Morgan fingerprint density at radius 2 is 1.11 bits per heavy atom. The smallest absolute Gasteiger partial charge is 0.332 e. The first kappa shape index (κ1) is 44.5. The number of fused-ring (bicyclic) bond motifs is 2. The average molecular weight is 822 g/mol. The van der Waals surface area contributed by atoms with Gasteiger partial charge in [0, 0.05) is 56.8 Å². The number of halogens is 2. The molecule has 0 aliphatic heterocycles.